The fraction of sp³-hybridized carbons (Fsp3) is 0.200. The summed E-state index contributed by atoms with van der Waals surface area (Å²) in [6.45, 7) is 6.70. The van der Waals surface area contributed by atoms with Crippen LogP contribution in [-0.4, -0.2) is 37.0 Å². The van der Waals surface area contributed by atoms with Gasteiger partial charge in [0.15, 0.2) is 0 Å². The molecule has 3 aromatic rings. The lowest BCUT2D eigenvalue weighted by Gasteiger charge is -2.36. The largest absolute Gasteiger partial charge is 0.489 e. The van der Waals surface area contributed by atoms with Crippen molar-refractivity contribution in [2.45, 2.75) is 13.0 Å². The van der Waals surface area contributed by atoms with E-state index in [1.165, 1.54) is 0 Å². The third-order valence-corrected chi connectivity index (χ3v) is 6.78. The number of piperazine rings is 1. The Morgan fingerprint density at radius 1 is 1.00 bits per heavy atom. The molecule has 0 unspecified atom stereocenters. The zero-order chi connectivity index (χ0) is 26.2. The molecule has 1 amide bonds. The SMILES string of the molecule is C=CCc1cc(/C=C(/C#N)C(=O)N2CCN(c3ccccc3)CC2)ccc1OCc1ccc(Cl)cc1Cl. The van der Waals surface area contributed by atoms with Gasteiger partial charge in [0.1, 0.15) is 24.0 Å². The molecule has 5 nitrogen and oxygen atoms in total. The number of allylic oxidation sites excluding steroid dienone is 1. The van der Waals surface area contributed by atoms with Crippen molar-refractivity contribution in [3.8, 4) is 11.8 Å². The monoisotopic (exact) mass is 531 g/mol. The molecule has 0 N–H and O–H groups in total. The van der Waals surface area contributed by atoms with Crippen LogP contribution >= 0.6 is 23.2 Å². The molecule has 0 aromatic heterocycles. The van der Waals surface area contributed by atoms with Crippen molar-refractivity contribution in [2.75, 3.05) is 31.1 Å². The number of ether oxygens (including phenoxy) is 1. The quantitative estimate of drug-likeness (QED) is 0.187. The van der Waals surface area contributed by atoms with E-state index in [0.717, 1.165) is 35.5 Å². The van der Waals surface area contributed by atoms with E-state index >= 15 is 0 Å². The Kier molecular flexibility index (Phi) is 8.90. The van der Waals surface area contributed by atoms with Crippen molar-refractivity contribution in [1.29, 1.82) is 5.26 Å². The highest BCUT2D eigenvalue weighted by Crippen LogP contribution is 2.27. The van der Waals surface area contributed by atoms with Crippen LogP contribution < -0.4 is 9.64 Å². The van der Waals surface area contributed by atoms with Crippen LogP contribution in [0, 0.1) is 11.3 Å². The molecule has 1 aliphatic rings. The van der Waals surface area contributed by atoms with Gasteiger partial charge >= 0.3 is 0 Å². The van der Waals surface area contributed by atoms with Gasteiger partial charge in [0, 0.05) is 47.5 Å². The van der Waals surface area contributed by atoms with E-state index in [1.807, 2.05) is 42.5 Å². The zero-order valence-corrected chi connectivity index (χ0v) is 21.9. The van der Waals surface area contributed by atoms with Gasteiger partial charge < -0.3 is 14.5 Å². The normalized spacial score (nSPS) is 13.7. The Balaban J connectivity index is 1.45. The number of carbonyl (C=O) groups excluding carboxylic acids is 1. The van der Waals surface area contributed by atoms with E-state index in [1.54, 1.807) is 29.2 Å². The third kappa shape index (κ3) is 6.74. The van der Waals surface area contributed by atoms with Crippen LogP contribution in [0.25, 0.3) is 6.08 Å². The predicted molar refractivity (Wildman–Crippen MR) is 150 cm³/mol. The number of halogens is 2. The summed E-state index contributed by atoms with van der Waals surface area (Å²) in [6, 6.07) is 23.1. The van der Waals surface area contributed by atoms with E-state index in [9.17, 15) is 10.1 Å². The van der Waals surface area contributed by atoms with Crippen LogP contribution in [0.5, 0.6) is 5.75 Å². The number of carbonyl (C=O) groups is 1. The first-order valence-electron chi connectivity index (χ1n) is 12.0. The molecule has 188 valence electrons. The number of hydrogen-bond donors (Lipinski definition) is 0. The molecule has 0 aliphatic carbocycles. The number of rotatable bonds is 8. The summed E-state index contributed by atoms with van der Waals surface area (Å²) in [5.74, 6) is 0.433. The van der Waals surface area contributed by atoms with Gasteiger partial charge in [-0.2, -0.15) is 5.26 Å². The molecule has 3 aromatic carbocycles. The van der Waals surface area contributed by atoms with Crippen LogP contribution in [0.4, 0.5) is 5.69 Å². The van der Waals surface area contributed by atoms with Gasteiger partial charge in [-0.15, -0.1) is 6.58 Å². The second-order valence-corrected chi connectivity index (χ2v) is 9.51. The van der Waals surface area contributed by atoms with Crippen molar-refractivity contribution in [2.24, 2.45) is 0 Å². The van der Waals surface area contributed by atoms with E-state index in [2.05, 4.69) is 29.7 Å². The molecule has 4 rings (SSSR count). The summed E-state index contributed by atoms with van der Waals surface area (Å²) in [6.07, 6.45) is 3.99. The second kappa shape index (κ2) is 12.5. The van der Waals surface area contributed by atoms with Gasteiger partial charge in [-0.25, -0.2) is 0 Å². The van der Waals surface area contributed by atoms with Crippen LogP contribution in [0.3, 0.4) is 0 Å². The Morgan fingerprint density at radius 2 is 1.76 bits per heavy atom. The molecule has 0 spiro atoms. The van der Waals surface area contributed by atoms with Crippen LogP contribution in [0.2, 0.25) is 10.0 Å². The maximum atomic E-state index is 13.1. The van der Waals surface area contributed by atoms with Crippen molar-refractivity contribution in [3.05, 3.63) is 112 Å². The number of nitriles is 1. The molecule has 37 heavy (non-hydrogen) atoms. The first kappa shape index (κ1) is 26.3. The van der Waals surface area contributed by atoms with E-state index in [0.29, 0.717) is 35.3 Å². The van der Waals surface area contributed by atoms with Gasteiger partial charge in [-0.3, -0.25) is 4.79 Å². The zero-order valence-electron chi connectivity index (χ0n) is 20.4. The summed E-state index contributed by atoms with van der Waals surface area (Å²) in [5.41, 5.74) is 3.72. The van der Waals surface area contributed by atoms with Crippen LogP contribution in [0.1, 0.15) is 16.7 Å². The molecule has 0 radical (unpaired) electrons. The van der Waals surface area contributed by atoms with Crippen molar-refractivity contribution in [3.63, 3.8) is 0 Å². The highest BCUT2D eigenvalue weighted by molar-refractivity contribution is 6.35. The molecule has 1 saturated heterocycles. The fourth-order valence-electron chi connectivity index (χ4n) is 4.22. The molecular weight excluding hydrogens is 505 g/mol. The molecule has 0 saturated carbocycles. The number of benzene rings is 3. The molecule has 0 bridgehead atoms. The second-order valence-electron chi connectivity index (χ2n) is 8.67. The van der Waals surface area contributed by atoms with Gasteiger partial charge in [-0.1, -0.05) is 59.6 Å². The average molecular weight is 532 g/mol. The van der Waals surface area contributed by atoms with Crippen molar-refractivity contribution < 1.29 is 9.53 Å². The summed E-state index contributed by atoms with van der Waals surface area (Å²) < 4.78 is 6.03. The first-order valence-corrected chi connectivity index (χ1v) is 12.8. The molecular formula is C30H27Cl2N3O2. The van der Waals surface area contributed by atoms with Crippen LogP contribution in [-0.2, 0) is 17.8 Å². The van der Waals surface area contributed by atoms with E-state index < -0.39 is 0 Å². The smallest absolute Gasteiger partial charge is 0.264 e. The Labute approximate surface area is 227 Å². The maximum Gasteiger partial charge on any atom is 0.264 e. The van der Waals surface area contributed by atoms with E-state index in [4.69, 9.17) is 27.9 Å². The standard InChI is InChI=1S/C30H27Cl2N3O2/c1-2-6-23-17-22(9-12-29(23)37-21-24-10-11-26(31)19-28(24)32)18-25(20-33)30(36)35-15-13-34(14-16-35)27-7-4-3-5-8-27/h2-5,7-12,17-19H,1,6,13-16,21H2/b25-18-. The predicted octanol–water partition coefficient (Wildman–Crippen LogP) is 6.56. The minimum Gasteiger partial charge on any atom is -0.489 e. The van der Waals surface area contributed by atoms with E-state index in [-0.39, 0.29) is 18.1 Å². The Bertz CT molecular complexity index is 1340. The van der Waals surface area contributed by atoms with Gasteiger partial charge in [0.05, 0.1) is 0 Å². The Morgan fingerprint density at radius 3 is 2.43 bits per heavy atom. The molecule has 7 heteroatoms. The fourth-order valence-corrected chi connectivity index (χ4v) is 4.69. The topological polar surface area (TPSA) is 56.6 Å². The summed E-state index contributed by atoms with van der Waals surface area (Å²) in [4.78, 5) is 17.1. The van der Waals surface area contributed by atoms with Crippen molar-refractivity contribution in [1.82, 2.24) is 4.90 Å². The molecule has 0 atom stereocenters. The number of hydrogen-bond acceptors (Lipinski definition) is 4. The minimum atomic E-state index is -0.252. The minimum absolute atomic E-state index is 0.110. The average Bonchev–Trinajstić information content (AvgIpc) is 2.92. The lowest BCUT2D eigenvalue weighted by Crippen LogP contribution is -2.49. The lowest BCUT2D eigenvalue weighted by atomic mass is 10.0. The van der Waals surface area contributed by atoms with Crippen LogP contribution in [0.15, 0.2) is 85.0 Å². The Hall–Kier alpha value is -3.72. The van der Waals surface area contributed by atoms with Gasteiger partial charge in [-0.05, 0) is 60.0 Å². The third-order valence-electron chi connectivity index (χ3n) is 6.20. The maximum absolute atomic E-state index is 13.1. The van der Waals surface area contributed by atoms with Gasteiger partial charge in [0.25, 0.3) is 5.91 Å². The summed E-state index contributed by atoms with van der Waals surface area (Å²) >= 11 is 12.3. The number of anilines is 1. The summed E-state index contributed by atoms with van der Waals surface area (Å²) in [7, 11) is 0. The summed E-state index contributed by atoms with van der Waals surface area (Å²) in [5, 5.41) is 10.9. The number of nitrogens with zero attached hydrogens (tertiary/aromatic N) is 3. The highest BCUT2D eigenvalue weighted by atomic mass is 35.5. The first-order chi connectivity index (χ1) is 18.0. The molecule has 1 heterocycles. The van der Waals surface area contributed by atoms with Crippen molar-refractivity contribution >= 4 is 40.9 Å². The molecule has 1 fully saturated rings. The molecule has 1 aliphatic heterocycles. The number of amides is 1. The van der Waals surface area contributed by atoms with Gasteiger partial charge in [0.2, 0.25) is 0 Å². The number of para-hydroxylation sites is 1. The lowest BCUT2D eigenvalue weighted by molar-refractivity contribution is -0.126. The highest BCUT2D eigenvalue weighted by Gasteiger charge is 2.24.